The number of hydrogen-bond acceptors (Lipinski definition) is 8. The van der Waals surface area contributed by atoms with Crippen LogP contribution in [0.15, 0.2) is 18.2 Å². The molecule has 1 aromatic carbocycles. The molecule has 0 bridgehead atoms. The van der Waals surface area contributed by atoms with Gasteiger partial charge in [-0.25, -0.2) is 0 Å². The van der Waals surface area contributed by atoms with Crippen molar-refractivity contribution in [2.45, 2.75) is 64.0 Å². The Morgan fingerprint density at radius 2 is 1.89 bits per heavy atom. The summed E-state index contributed by atoms with van der Waals surface area (Å²) in [7, 11) is 3.13. The molecule has 1 aliphatic carbocycles. The zero-order chi connectivity index (χ0) is 26.2. The van der Waals surface area contributed by atoms with Gasteiger partial charge >= 0.3 is 0 Å². The van der Waals surface area contributed by atoms with E-state index in [-0.39, 0.29) is 34.8 Å². The van der Waals surface area contributed by atoms with Crippen molar-refractivity contribution in [3.8, 4) is 11.5 Å². The highest BCUT2D eigenvalue weighted by atomic mass is 32.1. The average molecular weight is 518 g/mol. The molecule has 0 unspecified atom stereocenters. The number of benzene rings is 1. The zero-order valence-corrected chi connectivity index (χ0v) is 21.9. The molecule has 3 amide bonds. The molecule has 2 aromatic rings. The quantitative estimate of drug-likeness (QED) is 0.392. The zero-order valence-electron chi connectivity index (χ0n) is 21.0. The Labute approximate surface area is 215 Å². The normalized spacial score (nSPS) is 14.3. The van der Waals surface area contributed by atoms with Crippen LogP contribution >= 0.6 is 11.5 Å². The van der Waals surface area contributed by atoms with Gasteiger partial charge in [-0.1, -0.05) is 32.3 Å². The van der Waals surface area contributed by atoms with Crippen molar-refractivity contribution in [3.63, 3.8) is 0 Å². The number of carbonyl (C=O) groups is 3. The molecule has 11 heteroatoms. The Kier molecular flexibility index (Phi) is 9.51. The predicted octanol–water partition coefficient (Wildman–Crippen LogP) is 2.75. The molecule has 1 fully saturated rings. The monoisotopic (exact) mass is 517 g/mol. The largest absolute Gasteiger partial charge is 0.493 e. The van der Waals surface area contributed by atoms with Crippen molar-refractivity contribution in [1.29, 1.82) is 0 Å². The first-order chi connectivity index (χ1) is 17.3. The van der Waals surface area contributed by atoms with Gasteiger partial charge in [0, 0.05) is 12.6 Å². The average Bonchev–Trinajstić information content (AvgIpc) is 3.52. The van der Waals surface area contributed by atoms with Crippen LogP contribution in [0.3, 0.4) is 0 Å². The molecular formula is C25H35N5O5S. The van der Waals surface area contributed by atoms with Crippen LogP contribution in [0.5, 0.6) is 11.5 Å². The van der Waals surface area contributed by atoms with E-state index in [1.807, 2.05) is 19.1 Å². The second-order valence-corrected chi connectivity index (χ2v) is 9.64. The van der Waals surface area contributed by atoms with Crippen LogP contribution in [-0.2, 0) is 11.2 Å². The van der Waals surface area contributed by atoms with Gasteiger partial charge in [0.2, 0.25) is 5.91 Å². The number of nitrogens with one attached hydrogen (secondary N) is 1. The Bertz CT molecular complexity index is 1080. The first-order valence-electron chi connectivity index (χ1n) is 12.2. The number of rotatable bonds is 12. The maximum Gasteiger partial charge on any atom is 0.270 e. The van der Waals surface area contributed by atoms with Gasteiger partial charge < -0.3 is 31.2 Å². The van der Waals surface area contributed by atoms with E-state index < -0.39 is 17.9 Å². The van der Waals surface area contributed by atoms with Gasteiger partial charge in [-0.15, -0.1) is 0 Å². The standard InChI is InChI=1S/C25H35N5O5S/c1-4-7-17(24(32)28-16-8-5-6-9-16)30(25(33)22-20(26)21(23(27)31)29-36-22)13-12-15-10-11-18(34-2)19(14-15)35-3/h10-11,14,16-17H,4-9,12-13,26H2,1-3H3,(H2,27,31)(H,28,32)/t17-/m1/s1. The molecule has 0 saturated heterocycles. The van der Waals surface area contributed by atoms with E-state index in [1.165, 1.54) is 0 Å². The number of carbonyl (C=O) groups excluding carboxylic acids is 3. The number of aromatic nitrogens is 1. The van der Waals surface area contributed by atoms with E-state index in [9.17, 15) is 14.4 Å². The van der Waals surface area contributed by atoms with Crippen molar-refractivity contribution in [2.75, 3.05) is 26.5 Å². The second kappa shape index (κ2) is 12.6. The van der Waals surface area contributed by atoms with E-state index >= 15 is 0 Å². The summed E-state index contributed by atoms with van der Waals surface area (Å²) in [4.78, 5) is 40.5. The molecule has 0 radical (unpaired) electrons. The van der Waals surface area contributed by atoms with Crippen molar-refractivity contribution < 1.29 is 23.9 Å². The summed E-state index contributed by atoms with van der Waals surface area (Å²) >= 11 is 0.818. The van der Waals surface area contributed by atoms with Gasteiger partial charge in [-0.05, 0) is 54.9 Å². The molecule has 196 valence electrons. The lowest BCUT2D eigenvalue weighted by Gasteiger charge is -2.31. The number of anilines is 1. The summed E-state index contributed by atoms with van der Waals surface area (Å²) in [5.41, 5.74) is 12.1. The molecule has 1 aromatic heterocycles. The molecule has 1 atom stereocenters. The topological polar surface area (TPSA) is 150 Å². The molecule has 1 aliphatic rings. The van der Waals surface area contributed by atoms with Gasteiger partial charge in [0.1, 0.15) is 10.9 Å². The Hall–Kier alpha value is -3.34. The summed E-state index contributed by atoms with van der Waals surface area (Å²) < 4.78 is 14.7. The third kappa shape index (κ3) is 6.26. The lowest BCUT2D eigenvalue weighted by molar-refractivity contribution is -0.126. The fourth-order valence-corrected chi connectivity index (χ4v) is 5.27. The molecule has 1 saturated carbocycles. The summed E-state index contributed by atoms with van der Waals surface area (Å²) in [6.45, 7) is 2.22. The number of methoxy groups -OCH3 is 2. The van der Waals surface area contributed by atoms with E-state index in [0.717, 1.165) is 42.8 Å². The fraction of sp³-hybridized carbons (Fsp3) is 0.520. The third-order valence-corrected chi connectivity index (χ3v) is 7.30. The molecule has 0 spiro atoms. The maximum absolute atomic E-state index is 13.7. The third-order valence-electron chi connectivity index (χ3n) is 6.45. The number of hydrogen-bond donors (Lipinski definition) is 3. The summed E-state index contributed by atoms with van der Waals surface area (Å²) in [5, 5.41) is 3.13. The number of nitrogens with two attached hydrogens (primary N) is 2. The highest BCUT2D eigenvalue weighted by molar-refractivity contribution is 7.09. The highest BCUT2D eigenvalue weighted by Gasteiger charge is 2.34. The van der Waals surface area contributed by atoms with E-state index in [0.29, 0.717) is 30.8 Å². The van der Waals surface area contributed by atoms with E-state index in [4.69, 9.17) is 20.9 Å². The minimum Gasteiger partial charge on any atom is -0.493 e. The Morgan fingerprint density at radius 3 is 2.47 bits per heavy atom. The van der Waals surface area contributed by atoms with Crippen molar-refractivity contribution >= 4 is 34.9 Å². The minimum atomic E-state index is -0.802. The summed E-state index contributed by atoms with van der Waals surface area (Å²) in [6.07, 6.45) is 5.69. The maximum atomic E-state index is 13.7. The molecule has 10 nitrogen and oxygen atoms in total. The lowest BCUT2D eigenvalue weighted by Crippen LogP contribution is -2.52. The van der Waals surface area contributed by atoms with Gasteiger partial charge in [0.25, 0.3) is 11.8 Å². The smallest absolute Gasteiger partial charge is 0.270 e. The summed E-state index contributed by atoms with van der Waals surface area (Å²) in [5.74, 6) is -0.246. The SMILES string of the molecule is CCC[C@H](C(=O)NC1CCCC1)N(CCc1ccc(OC)c(OC)c1)C(=O)c1snc(C(N)=O)c1N. The van der Waals surface area contributed by atoms with Crippen molar-refractivity contribution in [3.05, 3.63) is 34.3 Å². The lowest BCUT2D eigenvalue weighted by atomic mass is 10.1. The number of nitrogen functional groups attached to an aromatic ring is 1. The first kappa shape index (κ1) is 27.3. The van der Waals surface area contributed by atoms with Crippen molar-refractivity contribution in [2.24, 2.45) is 5.73 Å². The van der Waals surface area contributed by atoms with Crippen LogP contribution in [0, 0.1) is 0 Å². The molecule has 1 heterocycles. The number of primary amides is 1. The van der Waals surface area contributed by atoms with E-state index in [1.54, 1.807) is 25.2 Å². The minimum absolute atomic E-state index is 0.0555. The number of ether oxygens (including phenoxy) is 2. The second-order valence-electron chi connectivity index (χ2n) is 8.87. The Morgan fingerprint density at radius 1 is 1.19 bits per heavy atom. The van der Waals surface area contributed by atoms with Crippen molar-refractivity contribution in [1.82, 2.24) is 14.6 Å². The summed E-state index contributed by atoms with van der Waals surface area (Å²) in [6, 6.07) is 4.97. The van der Waals surface area contributed by atoms with Gasteiger partial charge in [-0.3, -0.25) is 14.4 Å². The van der Waals surface area contributed by atoms with Gasteiger partial charge in [0.15, 0.2) is 17.2 Å². The predicted molar refractivity (Wildman–Crippen MR) is 138 cm³/mol. The number of amides is 3. The Balaban J connectivity index is 1.91. The van der Waals surface area contributed by atoms with Crippen LogP contribution < -0.4 is 26.3 Å². The van der Waals surface area contributed by atoms with Gasteiger partial charge in [0.05, 0.1) is 19.9 Å². The van der Waals surface area contributed by atoms with Gasteiger partial charge in [-0.2, -0.15) is 4.37 Å². The van der Waals surface area contributed by atoms with Crippen LogP contribution in [0.4, 0.5) is 5.69 Å². The molecule has 5 N–H and O–H groups in total. The van der Waals surface area contributed by atoms with Crippen LogP contribution in [0.25, 0.3) is 0 Å². The van der Waals surface area contributed by atoms with Crippen LogP contribution in [0.1, 0.15) is 71.2 Å². The fourth-order valence-electron chi connectivity index (χ4n) is 4.51. The molecule has 0 aliphatic heterocycles. The molecule has 36 heavy (non-hydrogen) atoms. The van der Waals surface area contributed by atoms with E-state index in [2.05, 4.69) is 9.69 Å². The van der Waals surface area contributed by atoms with Crippen LogP contribution in [-0.4, -0.2) is 59.8 Å². The molecule has 3 rings (SSSR count). The highest BCUT2D eigenvalue weighted by Crippen LogP contribution is 2.29. The number of nitrogens with zero attached hydrogens (tertiary/aromatic N) is 2. The first-order valence-corrected chi connectivity index (χ1v) is 12.9. The molecular weight excluding hydrogens is 482 g/mol. The van der Waals surface area contributed by atoms with Crippen LogP contribution in [0.2, 0.25) is 0 Å².